The Hall–Kier alpha value is -1.96. The monoisotopic (exact) mass is 242 g/mol. The van der Waals surface area contributed by atoms with Crippen molar-refractivity contribution in [2.75, 3.05) is 7.11 Å². The largest absolute Gasteiger partial charge is 0.497 e. The highest BCUT2D eigenvalue weighted by Gasteiger charge is 2.02. The van der Waals surface area contributed by atoms with Crippen LogP contribution in [0, 0.1) is 13.8 Å². The maximum atomic E-state index is 5.85. The molecule has 0 atom stereocenters. The van der Waals surface area contributed by atoms with Crippen molar-refractivity contribution >= 4 is 0 Å². The van der Waals surface area contributed by atoms with Crippen LogP contribution in [0.3, 0.4) is 0 Å². The number of hydrogen-bond acceptors (Lipinski definition) is 2. The molecule has 2 nitrogen and oxygen atoms in total. The van der Waals surface area contributed by atoms with Gasteiger partial charge in [0.15, 0.2) is 0 Å². The van der Waals surface area contributed by atoms with E-state index >= 15 is 0 Å². The summed E-state index contributed by atoms with van der Waals surface area (Å²) in [6.07, 6.45) is 0. The first kappa shape index (κ1) is 12.5. The quantitative estimate of drug-likeness (QED) is 0.809. The molecule has 0 aliphatic heterocycles. The molecular weight excluding hydrogens is 224 g/mol. The fraction of sp³-hybridized carbons (Fsp3) is 0.250. The summed E-state index contributed by atoms with van der Waals surface area (Å²) in [5.41, 5.74) is 3.55. The number of ether oxygens (including phenoxy) is 2. The first-order chi connectivity index (χ1) is 8.70. The predicted molar refractivity (Wildman–Crippen MR) is 73.2 cm³/mol. The second-order valence-corrected chi connectivity index (χ2v) is 4.34. The number of aryl methyl sites for hydroxylation is 1. The van der Waals surface area contributed by atoms with E-state index in [1.165, 1.54) is 11.1 Å². The Morgan fingerprint density at radius 3 is 2.56 bits per heavy atom. The van der Waals surface area contributed by atoms with Gasteiger partial charge in [-0.25, -0.2) is 0 Å². The van der Waals surface area contributed by atoms with Gasteiger partial charge in [-0.2, -0.15) is 0 Å². The van der Waals surface area contributed by atoms with Crippen molar-refractivity contribution in [1.29, 1.82) is 0 Å². The fourth-order valence-corrected chi connectivity index (χ4v) is 1.80. The topological polar surface area (TPSA) is 18.5 Å². The predicted octanol–water partition coefficient (Wildman–Crippen LogP) is 3.89. The van der Waals surface area contributed by atoms with Crippen LogP contribution in [0.4, 0.5) is 0 Å². The Morgan fingerprint density at radius 1 is 1.00 bits per heavy atom. The molecule has 0 aliphatic carbocycles. The van der Waals surface area contributed by atoms with Gasteiger partial charge in [0, 0.05) is 0 Å². The molecule has 0 saturated carbocycles. The smallest absolute Gasteiger partial charge is 0.122 e. The number of hydrogen-bond donors (Lipinski definition) is 0. The van der Waals surface area contributed by atoms with Gasteiger partial charge >= 0.3 is 0 Å². The fourth-order valence-electron chi connectivity index (χ4n) is 1.80. The van der Waals surface area contributed by atoms with Gasteiger partial charge in [0.25, 0.3) is 0 Å². The van der Waals surface area contributed by atoms with Crippen LogP contribution in [-0.4, -0.2) is 7.11 Å². The van der Waals surface area contributed by atoms with Crippen molar-refractivity contribution in [3.63, 3.8) is 0 Å². The van der Waals surface area contributed by atoms with Crippen LogP contribution < -0.4 is 9.47 Å². The second kappa shape index (κ2) is 5.58. The zero-order chi connectivity index (χ0) is 13.0. The lowest BCUT2D eigenvalue weighted by molar-refractivity contribution is 0.303. The van der Waals surface area contributed by atoms with Gasteiger partial charge < -0.3 is 9.47 Å². The molecule has 2 rings (SSSR count). The van der Waals surface area contributed by atoms with E-state index in [1.807, 2.05) is 36.4 Å². The minimum absolute atomic E-state index is 0.557. The van der Waals surface area contributed by atoms with Crippen molar-refractivity contribution in [2.45, 2.75) is 20.5 Å². The molecule has 0 fully saturated rings. The third kappa shape index (κ3) is 2.83. The Morgan fingerprint density at radius 2 is 1.78 bits per heavy atom. The lowest BCUT2D eigenvalue weighted by Crippen LogP contribution is -1.98. The molecule has 0 radical (unpaired) electrons. The maximum Gasteiger partial charge on any atom is 0.122 e. The van der Waals surface area contributed by atoms with Crippen LogP contribution in [0.15, 0.2) is 42.5 Å². The summed E-state index contributed by atoms with van der Waals surface area (Å²) in [7, 11) is 1.67. The van der Waals surface area contributed by atoms with Gasteiger partial charge in [-0.3, -0.25) is 0 Å². The summed E-state index contributed by atoms with van der Waals surface area (Å²) in [4.78, 5) is 0. The highest BCUT2D eigenvalue weighted by molar-refractivity contribution is 5.38. The summed E-state index contributed by atoms with van der Waals surface area (Å²) in [6, 6.07) is 14.0. The third-order valence-corrected chi connectivity index (χ3v) is 3.08. The first-order valence-electron chi connectivity index (χ1n) is 6.02. The van der Waals surface area contributed by atoms with E-state index < -0.39 is 0 Å². The van der Waals surface area contributed by atoms with Gasteiger partial charge in [-0.15, -0.1) is 0 Å². The summed E-state index contributed by atoms with van der Waals surface area (Å²) in [5, 5.41) is 0. The van der Waals surface area contributed by atoms with Gasteiger partial charge in [-0.1, -0.05) is 24.3 Å². The average Bonchev–Trinajstić information content (AvgIpc) is 2.41. The van der Waals surface area contributed by atoms with Crippen LogP contribution in [0.2, 0.25) is 0 Å². The minimum atomic E-state index is 0.557. The van der Waals surface area contributed by atoms with E-state index in [4.69, 9.17) is 9.47 Å². The highest BCUT2D eigenvalue weighted by Crippen LogP contribution is 2.22. The Balaban J connectivity index is 2.09. The number of rotatable bonds is 4. The molecule has 0 amide bonds. The van der Waals surface area contributed by atoms with Crippen LogP contribution in [0.1, 0.15) is 16.7 Å². The average molecular weight is 242 g/mol. The molecule has 0 aromatic heterocycles. The molecule has 0 spiro atoms. The number of methoxy groups -OCH3 is 1. The SMILES string of the molecule is COc1cccc(COc2cccc(C)c2C)c1. The van der Waals surface area contributed by atoms with Crippen LogP contribution in [0.5, 0.6) is 11.5 Å². The van der Waals surface area contributed by atoms with Gasteiger partial charge in [-0.05, 0) is 48.7 Å². The summed E-state index contributed by atoms with van der Waals surface area (Å²) >= 11 is 0. The van der Waals surface area contributed by atoms with Crippen LogP contribution in [-0.2, 0) is 6.61 Å². The summed E-state index contributed by atoms with van der Waals surface area (Å²) < 4.78 is 11.0. The Labute approximate surface area is 108 Å². The Bertz CT molecular complexity index is 532. The van der Waals surface area contributed by atoms with E-state index in [9.17, 15) is 0 Å². The molecule has 2 aromatic rings. The standard InChI is InChI=1S/C16H18O2/c1-12-6-4-9-16(13(12)2)18-11-14-7-5-8-15(10-14)17-3/h4-10H,11H2,1-3H3. The van der Waals surface area contributed by atoms with E-state index in [0.29, 0.717) is 6.61 Å². The van der Waals surface area contributed by atoms with E-state index in [-0.39, 0.29) is 0 Å². The van der Waals surface area contributed by atoms with Crippen molar-refractivity contribution in [3.05, 3.63) is 59.2 Å². The van der Waals surface area contributed by atoms with Gasteiger partial charge in [0.2, 0.25) is 0 Å². The summed E-state index contributed by atoms with van der Waals surface area (Å²) in [5.74, 6) is 1.80. The normalized spacial score (nSPS) is 10.2. The Kier molecular flexibility index (Phi) is 3.88. The molecule has 0 bridgehead atoms. The molecule has 18 heavy (non-hydrogen) atoms. The van der Waals surface area contributed by atoms with Crippen molar-refractivity contribution < 1.29 is 9.47 Å². The molecule has 0 saturated heterocycles. The van der Waals surface area contributed by atoms with E-state index in [2.05, 4.69) is 19.9 Å². The maximum absolute atomic E-state index is 5.85. The molecule has 0 unspecified atom stereocenters. The lowest BCUT2D eigenvalue weighted by atomic mass is 10.1. The van der Waals surface area contributed by atoms with Gasteiger partial charge in [0.1, 0.15) is 18.1 Å². The molecule has 2 aromatic carbocycles. The third-order valence-electron chi connectivity index (χ3n) is 3.08. The first-order valence-corrected chi connectivity index (χ1v) is 6.02. The van der Waals surface area contributed by atoms with Crippen molar-refractivity contribution in [3.8, 4) is 11.5 Å². The molecule has 0 N–H and O–H groups in total. The zero-order valence-electron chi connectivity index (χ0n) is 11.1. The molecule has 0 heterocycles. The minimum Gasteiger partial charge on any atom is -0.497 e. The zero-order valence-corrected chi connectivity index (χ0v) is 11.1. The lowest BCUT2D eigenvalue weighted by Gasteiger charge is -2.11. The molecular formula is C16H18O2. The number of benzene rings is 2. The van der Waals surface area contributed by atoms with Crippen molar-refractivity contribution in [2.24, 2.45) is 0 Å². The van der Waals surface area contributed by atoms with E-state index in [1.54, 1.807) is 7.11 Å². The van der Waals surface area contributed by atoms with Crippen LogP contribution >= 0.6 is 0 Å². The molecule has 0 aliphatic rings. The van der Waals surface area contributed by atoms with Crippen LogP contribution in [0.25, 0.3) is 0 Å². The molecule has 2 heteroatoms. The summed E-state index contributed by atoms with van der Waals surface area (Å²) in [6.45, 7) is 4.73. The molecule has 94 valence electrons. The second-order valence-electron chi connectivity index (χ2n) is 4.34. The van der Waals surface area contributed by atoms with E-state index in [0.717, 1.165) is 17.1 Å². The van der Waals surface area contributed by atoms with Crippen molar-refractivity contribution in [1.82, 2.24) is 0 Å². The van der Waals surface area contributed by atoms with Gasteiger partial charge in [0.05, 0.1) is 7.11 Å². The highest BCUT2D eigenvalue weighted by atomic mass is 16.5.